The minimum absolute atomic E-state index is 0.271. The lowest BCUT2D eigenvalue weighted by atomic mass is 10.2. The van der Waals surface area contributed by atoms with Crippen LogP contribution in [0.3, 0.4) is 0 Å². The van der Waals surface area contributed by atoms with Gasteiger partial charge >= 0.3 is 0 Å². The van der Waals surface area contributed by atoms with Crippen LogP contribution in [0.5, 0.6) is 0 Å². The van der Waals surface area contributed by atoms with Gasteiger partial charge in [-0.3, -0.25) is 4.57 Å². The molecule has 21 heavy (non-hydrogen) atoms. The number of hydrogen-bond donors (Lipinski definition) is 0. The van der Waals surface area contributed by atoms with Gasteiger partial charge in [0.15, 0.2) is 11.0 Å². The molecule has 1 aliphatic rings. The third-order valence-electron chi connectivity index (χ3n) is 3.36. The molecule has 1 aliphatic carbocycles. The lowest BCUT2D eigenvalue weighted by Gasteiger charge is -2.09. The summed E-state index contributed by atoms with van der Waals surface area (Å²) in [5, 5.41) is 17.8. The van der Waals surface area contributed by atoms with Crippen molar-refractivity contribution in [3.8, 4) is 17.5 Å². The van der Waals surface area contributed by atoms with E-state index in [0.717, 1.165) is 30.2 Å². The number of aromatic nitrogens is 3. The van der Waals surface area contributed by atoms with E-state index in [1.54, 1.807) is 23.9 Å². The van der Waals surface area contributed by atoms with Crippen LogP contribution in [0.4, 0.5) is 4.39 Å². The van der Waals surface area contributed by atoms with E-state index < -0.39 is 0 Å². The molecule has 0 spiro atoms. The van der Waals surface area contributed by atoms with Crippen LogP contribution < -0.4 is 0 Å². The van der Waals surface area contributed by atoms with E-state index in [4.69, 9.17) is 5.26 Å². The Balaban J connectivity index is 1.87. The van der Waals surface area contributed by atoms with Crippen LogP contribution in [0.25, 0.3) is 11.4 Å². The molecule has 6 heteroatoms. The van der Waals surface area contributed by atoms with Gasteiger partial charge in [0.25, 0.3) is 0 Å². The lowest BCUT2D eigenvalue weighted by Crippen LogP contribution is -2.01. The number of benzene rings is 1. The maximum absolute atomic E-state index is 14.0. The molecule has 1 fully saturated rings. The van der Waals surface area contributed by atoms with Crippen LogP contribution in [-0.4, -0.2) is 20.5 Å². The molecule has 0 saturated heterocycles. The zero-order valence-corrected chi connectivity index (χ0v) is 12.3. The zero-order chi connectivity index (χ0) is 14.7. The fourth-order valence-electron chi connectivity index (χ4n) is 2.18. The number of halogens is 1. The summed E-state index contributed by atoms with van der Waals surface area (Å²) in [7, 11) is 0. The van der Waals surface area contributed by atoms with Crippen molar-refractivity contribution in [2.75, 3.05) is 5.75 Å². The van der Waals surface area contributed by atoms with Gasteiger partial charge in [0.2, 0.25) is 0 Å². The molecule has 0 aliphatic heterocycles. The Labute approximate surface area is 127 Å². The largest absolute Gasteiger partial charge is 0.299 e. The monoisotopic (exact) mass is 302 g/mol. The van der Waals surface area contributed by atoms with Gasteiger partial charge in [0.05, 0.1) is 11.6 Å². The summed E-state index contributed by atoms with van der Waals surface area (Å²) >= 11 is 1.59. The van der Waals surface area contributed by atoms with E-state index in [1.165, 1.54) is 6.07 Å². The summed E-state index contributed by atoms with van der Waals surface area (Å²) in [6, 6.07) is 9.19. The van der Waals surface area contributed by atoms with Crippen molar-refractivity contribution in [3.05, 3.63) is 30.1 Å². The molecule has 108 valence electrons. The van der Waals surface area contributed by atoms with Crippen molar-refractivity contribution in [1.29, 1.82) is 5.26 Å². The highest BCUT2D eigenvalue weighted by atomic mass is 32.2. The maximum Gasteiger partial charge on any atom is 0.191 e. The smallest absolute Gasteiger partial charge is 0.191 e. The molecule has 2 aromatic rings. The SMILES string of the molecule is N#CCCCSc1nnc(-c2ccccc2F)n1C1CC1. The topological polar surface area (TPSA) is 54.5 Å². The predicted octanol–water partition coefficient (Wildman–Crippen LogP) is 3.81. The number of rotatable bonds is 6. The van der Waals surface area contributed by atoms with Crippen molar-refractivity contribution in [1.82, 2.24) is 14.8 Å². The van der Waals surface area contributed by atoms with Crippen LogP contribution in [-0.2, 0) is 0 Å². The molecule has 4 nitrogen and oxygen atoms in total. The first-order valence-corrected chi connectivity index (χ1v) is 7.99. The minimum atomic E-state index is -0.271. The van der Waals surface area contributed by atoms with Gasteiger partial charge < -0.3 is 0 Å². The molecule has 0 amide bonds. The van der Waals surface area contributed by atoms with Gasteiger partial charge in [-0.05, 0) is 31.4 Å². The van der Waals surface area contributed by atoms with Crippen LogP contribution >= 0.6 is 11.8 Å². The van der Waals surface area contributed by atoms with Crippen molar-refractivity contribution in [2.45, 2.75) is 36.9 Å². The quantitative estimate of drug-likeness (QED) is 0.601. The normalized spacial score (nSPS) is 14.1. The van der Waals surface area contributed by atoms with Crippen molar-refractivity contribution in [3.63, 3.8) is 0 Å². The summed E-state index contributed by atoms with van der Waals surface area (Å²) < 4.78 is 16.0. The molecular weight excluding hydrogens is 287 g/mol. The van der Waals surface area contributed by atoms with Gasteiger partial charge in [-0.25, -0.2) is 4.39 Å². The zero-order valence-electron chi connectivity index (χ0n) is 11.5. The Kier molecular flexibility index (Phi) is 4.20. The fraction of sp³-hybridized carbons (Fsp3) is 0.400. The molecule has 0 radical (unpaired) electrons. The first kappa shape index (κ1) is 14.1. The summed E-state index contributed by atoms with van der Waals surface area (Å²) in [5.41, 5.74) is 0.501. The van der Waals surface area contributed by atoms with E-state index in [2.05, 4.69) is 20.8 Å². The Morgan fingerprint density at radius 3 is 2.86 bits per heavy atom. The molecule has 1 aromatic carbocycles. The van der Waals surface area contributed by atoms with E-state index in [1.807, 2.05) is 6.07 Å². The number of unbranched alkanes of at least 4 members (excludes halogenated alkanes) is 1. The minimum Gasteiger partial charge on any atom is -0.299 e. The van der Waals surface area contributed by atoms with Gasteiger partial charge in [0, 0.05) is 18.2 Å². The number of nitrogens with zero attached hydrogens (tertiary/aromatic N) is 4. The summed E-state index contributed by atoms with van der Waals surface area (Å²) in [6.45, 7) is 0. The highest BCUT2D eigenvalue weighted by molar-refractivity contribution is 7.99. The van der Waals surface area contributed by atoms with Crippen LogP contribution in [0.15, 0.2) is 29.4 Å². The number of thioether (sulfide) groups is 1. The van der Waals surface area contributed by atoms with Crippen molar-refractivity contribution in [2.24, 2.45) is 0 Å². The Morgan fingerprint density at radius 1 is 1.33 bits per heavy atom. The molecule has 1 heterocycles. The number of hydrogen-bond acceptors (Lipinski definition) is 4. The Bertz CT molecular complexity index is 673. The van der Waals surface area contributed by atoms with E-state index in [-0.39, 0.29) is 5.82 Å². The first-order valence-electron chi connectivity index (χ1n) is 7.01. The molecule has 0 N–H and O–H groups in total. The van der Waals surface area contributed by atoms with Gasteiger partial charge in [-0.1, -0.05) is 23.9 Å². The highest BCUT2D eigenvalue weighted by Crippen LogP contribution is 2.41. The molecule has 0 bridgehead atoms. The standard InChI is InChI=1S/C15H15FN4S/c16-13-6-2-1-5-12(13)14-18-19-15(20(14)11-7-8-11)21-10-4-3-9-17/h1-2,5-6,11H,3-4,7-8,10H2. The second-order valence-electron chi connectivity index (χ2n) is 5.00. The van der Waals surface area contributed by atoms with Gasteiger partial charge in [-0.2, -0.15) is 5.26 Å². The second kappa shape index (κ2) is 6.27. The summed E-state index contributed by atoms with van der Waals surface area (Å²) in [4.78, 5) is 0. The van der Waals surface area contributed by atoms with Gasteiger partial charge in [-0.15, -0.1) is 10.2 Å². The van der Waals surface area contributed by atoms with Crippen LogP contribution in [0.1, 0.15) is 31.7 Å². The molecule has 1 aromatic heterocycles. The summed E-state index contributed by atoms with van der Waals surface area (Å²) in [6.07, 6.45) is 3.55. The third kappa shape index (κ3) is 3.08. The first-order chi connectivity index (χ1) is 10.3. The third-order valence-corrected chi connectivity index (χ3v) is 4.38. The Morgan fingerprint density at radius 2 is 2.14 bits per heavy atom. The van der Waals surface area contributed by atoms with E-state index in [9.17, 15) is 4.39 Å². The average Bonchev–Trinajstić information content (AvgIpc) is 3.25. The molecular formula is C15H15FN4S. The fourth-order valence-corrected chi connectivity index (χ4v) is 3.12. The van der Waals surface area contributed by atoms with Crippen LogP contribution in [0.2, 0.25) is 0 Å². The molecule has 3 rings (SSSR count). The van der Waals surface area contributed by atoms with Crippen LogP contribution in [0, 0.1) is 17.1 Å². The van der Waals surface area contributed by atoms with Gasteiger partial charge in [0.1, 0.15) is 5.82 Å². The van der Waals surface area contributed by atoms with E-state index in [0.29, 0.717) is 23.9 Å². The molecule has 0 unspecified atom stereocenters. The lowest BCUT2D eigenvalue weighted by molar-refractivity contribution is 0.622. The molecule has 0 atom stereocenters. The van der Waals surface area contributed by atoms with Crippen molar-refractivity contribution < 1.29 is 4.39 Å². The second-order valence-corrected chi connectivity index (χ2v) is 6.06. The summed E-state index contributed by atoms with van der Waals surface area (Å²) in [5.74, 6) is 1.17. The molecule has 1 saturated carbocycles. The highest BCUT2D eigenvalue weighted by Gasteiger charge is 2.30. The maximum atomic E-state index is 14.0. The number of nitriles is 1. The average molecular weight is 302 g/mol. The van der Waals surface area contributed by atoms with Crippen molar-refractivity contribution >= 4 is 11.8 Å². The van der Waals surface area contributed by atoms with E-state index >= 15 is 0 Å². The predicted molar refractivity (Wildman–Crippen MR) is 79.3 cm³/mol. The Hall–Kier alpha value is -1.87.